The topological polar surface area (TPSA) is 17.1 Å². The van der Waals surface area contributed by atoms with Crippen LogP contribution in [0.15, 0.2) is 35.3 Å². The van der Waals surface area contributed by atoms with E-state index in [1.165, 1.54) is 6.07 Å². The van der Waals surface area contributed by atoms with Gasteiger partial charge in [0.05, 0.1) is 0 Å². The molecule has 0 aliphatic heterocycles. The third kappa shape index (κ3) is 2.64. The first-order valence-electron chi connectivity index (χ1n) is 6.22. The monoisotopic (exact) mass is 328 g/mol. The Kier molecular flexibility index (Phi) is 4.19. The Balaban J connectivity index is 2.52. The van der Waals surface area contributed by atoms with Gasteiger partial charge in [-0.1, -0.05) is 24.3 Å². The van der Waals surface area contributed by atoms with Gasteiger partial charge in [0.25, 0.3) is 6.43 Å². The second kappa shape index (κ2) is 5.53. The van der Waals surface area contributed by atoms with Crippen molar-refractivity contribution in [2.75, 3.05) is 0 Å². The van der Waals surface area contributed by atoms with Crippen molar-refractivity contribution in [3.8, 4) is 0 Å². The maximum atomic E-state index is 13.0. The van der Waals surface area contributed by atoms with Crippen LogP contribution in [0.1, 0.15) is 43.2 Å². The number of ketones is 1. The lowest BCUT2D eigenvalue weighted by Gasteiger charge is -2.35. The Labute approximate surface area is 119 Å². The number of carbonyl (C=O) groups is 1. The highest BCUT2D eigenvalue weighted by Gasteiger charge is 2.36. The fourth-order valence-corrected chi connectivity index (χ4v) is 3.58. The standard InChI is InChI=1S/C15H15BrF2O/c1-2-15(8-4-5-10(19)9-15)12-7-3-6-11(13(12)16)14(17)18/h2-3,6-7,14H,1,4-5,8-9H2. The SMILES string of the molecule is C=CC1(c2cccc(C(F)F)c2Br)CCCC(=O)C1. The highest BCUT2D eigenvalue weighted by molar-refractivity contribution is 9.10. The van der Waals surface area contributed by atoms with Crippen LogP contribution in [-0.2, 0) is 10.2 Å². The summed E-state index contributed by atoms with van der Waals surface area (Å²) in [6.07, 6.45) is 1.67. The highest BCUT2D eigenvalue weighted by Crippen LogP contribution is 2.44. The van der Waals surface area contributed by atoms with Crippen LogP contribution in [0.4, 0.5) is 8.78 Å². The van der Waals surface area contributed by atoms with Crippen molar-refractivity contribution in [1.29, 1.82) is 0 Å². The van der Waals surface area contributed by atoms with E-state index in [1.54, 1.807) is 18.2 Å². The van der Waals surface area contributed by atoms with Gasteiger partial charge in [0.1, 0.15) is 5.78 Å². The van der Waals surface area contributed by atoms with Crippen LogP contribution in [0.2, 0.25) is 0 Å². The average molecular weight is 329 g/mol. The van der Waals surface area contributed by atoms with Gasteiger partial charge in [0, 0.05) is 28.3 Å². The predicted octanol–water partition coefficient (Wildman–Crippen LogP) is 4.95. The fourth-order valence-electron chi connectivity index (χ4n) is 2.75. The number of benzene rings is 1. The van der Waals surface area contributed by atoms with Crippen molar-refractivity contribution in [3.05, 3.63) is 46.5 Å². The summed E-state index contributed by atoms with van der Waals surface area (Å²) in [5.74, 6) is 0.167. The molecule has 0 heterocycles. The average Bonchev–Trinajstić information content (AvgIpc) is 2.38. The van der Waals surface area contributed by atoms with E-state index < -0.39 is 11.8 Å². The van der Waals surface area contributed by atoms with Gasteiger partial charge in [-0.3, -0.25) is 4.79 Å². The maximum absolute atomic E-state index is 13.0. The van der Waals surface area contributed by atoms with Gasteiger partial charge in [-0.2, -0.15) is 0 Å². The summed E-state index contributed by atoms with van der Waals surface area (Å²) in [5, 5.41) is 0. The molecule has 0 aromatic heterocycles. The normalized spacial score (nSPS) is 23.7. The van der Waals surface area contributed by atoms with E-state index in [2.05, 4.69) is 22.5 Å². The fraction of sp³-hybridized carbons (Fsp3) is 0.400. The van der Waals surface area contributed by atoms with Gasteiger partial charge in [0.15, 0.2) is 0 Å². The smallest absolute Gasteiger partial charge is 0.264 e. The van der Waals surface area contributed by atoms with E-state index >= 15 is 0 Å². The van der Waals surface area contributed by atoms with E-state index in [4.69, 9.17) is 0 Å². The predicted molar refractivity (Wildman–Crippen MR) is 74.4 cm³/mol. The lowest BCUT2D eigenvalue weighted by atomic mass is 9.69. The zero-order valence-corrected chi connectivity index (χ0v) is 12.1. The lowest BCUT2D eigenvalue weighted by Crippen LogP contribution is -2.31. The first kappa shape index (κ1) is 14.4. The molecule has 2 rings (SSSR count). The molecule has 1 saturated carbocycles. The van der Waals surface area contributed by atoms with E-state index in [0.29, 0.717) is 17.3 Å². The molecule has 1 unspecified atom stereocenters. The molecular formula is C15H15BrF2O. The molecule has 0 N–H and O–H groups in total. The third-order valence-electron chi connectivity index (χ3n) is 3.78. The zero-order valence-electron chi connectivity index (χ0n) is 10.5. The van der Waals surface area contributed by atoms with Crippen LogP contribution in [0.3, 0.4) is 0 Å². The summed E-state index contributed by atoms with van der Waals surface area (Å²) in [7, 11) is 0. The van der Waals surface area contributed by atoms with E-state index in [0.717, 1.165) is 18.4 Å². The molecule has 102 valence electrons. The minimum Gasteiger partial charge on any atom is -0.300 e. The number of hydrogen-bond acceptors (Lipinski definition) is 1. The van der Waals surface area contributed by atoms with Crippen LogP contribution in [0.25, 0.3) is 0 Å². The molecule has 1 nitrogen and oxygen atoms in total. The van der Waals surface area contributed by atoms with Crippen LogP contribution in [0, 0.1) is 0 Å². The minimum absolute atomic E-state index is 0.0308. The first-order valence-corrected chi connectivity index (χ1v) is 7.02. The Hall–Kier alpha value is -1.03. The molecule has 1 aromatic rings. The summed E-state index contributed by atoms with van der Waals surface area (Å²) in [4.78, 5) is 11.7. The van der Waals surface area contributed by atoms with Crippen molar-refractivity contribution >= 4 is 21.7 Å². The Morgan fingerprint density at radius 2 is 2.16 bits per heavy atom. The molecule has 1 aliphatic carbocycles. The summed E-state index contributed by atoms with van der Waals surface area (Å²) < 4.78 is 26.3. The lowest BCUT2D eigenvalue weighted by molar-refractivity contribution is -0.121. The van der Waals surface area contributed by atoms with Gasteiger partial charge in [-0.15, -0.1) is 6.58 Å². The molecule has 1 fully saturated rings. The molecule has 19 heavy (non-hydrogen) atoms. The number of rotatable bonds is 3. The summed E-state index contributed by atoms with van der Waals surface area (Å²) >= 11 is 3.27. The maximum Gasteiger partial charge on any atom is 0.264 e. The number of carbonyl (C=O) groups excluding carboxylic acids is 1. The number of Topliss-reactive ketones (excluding diaryl/α,β-unsaturated/α-hetero) is 1. The third-order valence-corrected chi connectivity index (χ3v) is 4.67. The van der Waals surface area contributed by atoms with Crippen molar-refractivity contribution in [2.45, 2.75) is 37.5 Å². The second-order valence-corrected chi connectivity index (χ2v) is 5.73. The zero-order chi connectivity index (χ0) is 14.0. The number of halogens is 3. The van der Waals surface area contributed by atoms with Gasteiger partial charge in [-0.25, -0.2) is 8.78 Å². The summed E-state index contributed by atoms with van der Waals surface area (Å²) in [6.45, 7) is 3.82. The number of hydrogen-bond donors (Lipinski definition) is 0. The van der Waals surface area contributed by atoms with Gasteiger partial charge in [0.2, 0.25) is 0 Å². The highest BCUT2D eigenvalue weighted by atomic mass is 79.9. The number of alkyl halides is 2. The number of allylic oxidation sites excluding steroid dienone is 1. The molecule has 0 bridgehead atoms. The van der Waals surface area contributed by atoms with Crippen molar-refractivity contribution in [2.24, 2.45) is 0 Å². The van der Waals surface area contributed by atoms with Gasteiger partial charge in [-0.05, 0) is 34.3 Å². The molecule has 0 spiro atoms. The molecule has 0 amide bonds. The van der Waals surface area contributed by atoms with Crippen LogP contribution in [0.5, 0.6) is 0 Å². The molecule has 1 aliphatic rings. The van der Waals surface area contributed by atoms with Crippen molar-refractivity contribution in [3.63, 3.8) is 0 Å². The Morgan fingerprint density at radius 1 is 1.42 bits per heavy atom. The molecule has 0 radical (unpaired) electrons. The van der Waals surface area contributed by atoms with Gasteiger partial charge < -0.3 is 0 Å². The summed E-state index contributed by atoms with van der Waals surface area (Å²) in [6, 6.07) is 4.82. The molecule has 1 aromatic carbocycles. The first-order chi connectivity index (χ1) is 9.00. The Bertz CT molecular complexity index is 513. The van der Waals surface area contributed by atoms with E-state index in [9.17, 15) is 13.6 Å². The van der Waals surface area contributed by atoms with E-state index in [-0.39, 0.29) is 11.3 Å². The molecule has 0 saturated heterocycles. The summed E-state index contributed by atoms with van der Waals surface area (Å²) in [5.41, 5.74) is 0.198. The second-order valence-electron chi connectivity index (χ2n) is 4.94. The quantitative estimate of drug-likeness (QED) is 0.717. The van der Waals surface area contributed by atoms with Gasteiger partial charge >= 0.3 is 0 Å². The van der Waals surface area contributed by atoms with Crippen LogP contribution in [-0.4, -0.2) is 5.78 Å². The van der Waals surface area contributed by atoms with E-state index in [1.807, 2.05) is 0 Å². The van der Waals surface area contributed by atoms with Crippen LogP contribution >= 0.6 is 15.9 Å². The molecule has 4 heteroatoms. The molecular weight excluding hydrogens is 314 g/mol. The van der Waals surface area contributed by atoms with Crippen molar-refractivity contribution < 1.29 is 13.6 Å². The molecule has 1 atom stereocenters. The van der Waals surface area contributed by atoms with Crippen molar-refractivity contribution in [1.82, 2.24) is 0 Å². The van der Waals surface area contributed by atoms with Crippen LogP contribution < -0.4 is 0 Å². The Morgan fingerprint density at radius 3 is 2.74 bits per heavy atom. The largest absolute Gasteiger partial charge is 0.300 e. The minimum atomic E-state index is -2.53.